The lowest BCUT2D eigenvalue weighted by molar-refractivity contribution is 0.102. The minimum Gasteiger partial charge on any atom is -0.496 e. The number of aromatic nitrogens is 5. The van der Waals surface area contributed by atoms with Gasteiger partial charge in [-0.05, 0) is 49.7 Å². The topological polar surface area (TPSA) is 86.3 Å². The molecule has 0 aliphatic carbocycles. The zero-order chi connectivity index (χ0) is 27.0. The number of fused-ring (bicyclic) bond motifs is 1. The first kappa shape index (κ1) is 25.0. The highest BCUT2D eigenvalue weighted by molar-refractivity contribution is 6.08. The van der Waals surface area contributed by atoms with E-state index in [2.05, 4.69) is 20.5 Å². The molecule has 8 nitrogen and oxygen atoms in total. The lowest BCUT2D eigenvalue weighted by Gasteiger charge is -2.11. The summed E-state index contributed by atoms with van der Waals surface area (Å²) < 4.78 is 49.3. The quantitative estimate of drug-likeness (QED) is 0.302. The Morgan fingerprint density at radius 2 is 1.84 bits per heavy atom. The fraction of sp³-hybridized carbons (Fsp3) is 0.185. The van der Waals surface area contributed by atoms with E-state index < -0.39 is 18.0 Å². The van der Waals surface area contributed by atoms with Crippen LogP contribution in [0.3, 0.4) is 0 Å². The van der Waals surface area contributed by atoms with Gasteiger partial charge in [0.05, 0.1) is 42.6 Å². The number of para-hydroxylation sites is 1. The molecule has 1 amide bonds. The van der Waals surface area contributed by atoms with Gasteiger partial charge in [-0.25, -0.2) is 22.7 Å². The van der Waals surface area contributed by atoms with E-state index in [4.69, 9.17) is 4.74 Å². The lowest BCUT2D eigenvalue weighted by Crippen LogP contribution is -2.14. The normalized spacial score (nSPS) is 11.3. The predicted molar refractivity (Wildman–Crippen MR) is 135 cm³/mol. The van der Waals surface area contributed by atoms with Gasteiger partial charge in [0, 0.05) is 5.56 Å². The SMILES string of the molecule is COc1ccccc1-c1cc(C(F)F)n2ncc(C(=O)Nc3c(C)nn(Cc4ccc(F)cc4)c3C)c2n1. The van der Waals surface area contributed by atoms with Crippen LogP contribution in [-0.2, 0) is 6.54 Å². The maximum Gasteiger partial charge on any atom is 0.280 e. The second kappa shape index (κ2) is 10.0. The Hall–Kier alpha value is -4.67. The van der Waals surface area contributed by atoms with Crippen molar-refractivity contribution in [3.8, 4) is 17.0 Å². The van der Waals surface area contributed by atoms with Crippen LogP contribution in [-0.4, -0.2) is 37.4 Å². The van der Waals surface area contributed by atoms with Crippen molar-refractivity contribution in [2.45, 2.75) is 26.8 Å². The van der Waals surface area contributed by atoms with E-state index in [1.807, 2.05) is 0 Å². The fourth-order valence-corrected chi connectivity index (χ4v) is 4.27. The van der Waals surface area contributed by atoms with Gasteiger partial charge in [-0.15, -0.1) is 0 Å². The summed E-state index contributed by atoms with van der Waals surface area (Å²) >= 11 is 0. The molecule has 0 aliphatic heterocycles. The summed E-state index contributed by atoms with van der Waals surface area (Å²) in [6.07, 6.45) is -1.65. The van der Waals surface area contributed by atoms with Crippen molar-refractivity contribution < 1.29 is 22.7 Å². The van der Waals surface area contributed by atoms with E-state index in [-0.39, 0.29) is 22.7 Å². The first-order chi connectivity index (χ1) is 18.3. The van der Waals surface area contributed by atoms with Gasteiger partial charge in [0.15, 0.2) is 5.65 Å². The number of carbonyl (C=O) groups excluding carboxylic acids is 1. The summed E-state index contributed by atoms with van der Waals surface area (Å²) in [5.41, 5.74) is 2.87. The number of hydrogen-bond donors (Lipinski definition) is 1. The fourth-order valence-electron chi connectivity index (χ4n) is 4.27. The summed E-state index contributed by atoms with van der Waals surface area (Å²) in [7, 11) is 1.48. The maximum absolute atomic E-state index is 14.0. The first-order valence-corrected chi connectivity index (χ1v) is 11.7. The van der Waals surface area contributed by atoms with Crippen LogP contribution in [0.25, 0.3) is 16.9 Å². The Morgan fingerprint density at radius 3 is 2.55 bits per heavy atom. The van der Waals surface area contributed by atoms with Crippen LogP contribution in [0.1, 0.15) is 39.4 Å². The summed E-state index contributed by atoms with van der Waals surface area (Å²) in [4.78, 5) is 17.9. The Morgan fingerprint density at radius 1 is 1.11 bits per heavy atom. The van der Waals surface area contributed by atoms with E-state index in [1.165, 1.54) is 31.5 Å². The van der Waals surface area contributed by atoms with Crippen LogP contribution in [0.4, 0.5) is 18.9 Å². The molecule has 3 heterocycles. The van der Waals surface area contributed by atoms with Crippen molar-refractivity contribution in [2.75, 3.05) is 12.4 Å². The summed E-state index contributed by atoms with van der Waals surface area (Å²) in [5, 5.41) is 11.3. The van der Waals surface area contributed by atoms with Gasteiger partial charge in [0.25, 0.3) is 12.3 Å². The highest BCUT2D eigenvalue weighted by atomic mass is 19.3. The molecule has 38 heavy (non-hydrogen) atoms. The molecule has 0 unspecified atom stereocenters. The largest absolute Gasteiger partial charge is 0.496 e. The van der Waals surface area contributed by atoms with Gasteiger partial charge in [0.2, 0.25) is 0 Å². The van der Waals surface area contributed by atoms with Crippen molar-refractivity contribution >= 4 is 17.2 Å². The molecule has 0 saturated heterocycles. The zero-order valence-corrected chi connectivity index (χ0v) is 20.7. The van der Waals surface area contributed by atoms with Crippen LogP contribution < -0.4 is 10.1 Å². The average Bonchev–Trinajstić information content (AvgIpc) is 3.45. The molecule has 0 bridgehead atoms. The Balaban J connectivity index is 1.51. The number of aryl methyl sites for hydroxylation is 1. The van der Waals surface area contributed by atoms with Crippen LogP contribution in [0.15, 0.2) is 60.8 Å². The lowest BCUT2D eigenvalue weighted by atomic mass is 10.1. The van der Waals surface area contributed by atoms with Crippen LogP contribution in [0.2, 0.25) is 0 Å². The van der Waals surface area contributed by atoms with E-state index in [0.29, 0.717) is 34.9 Å². The Kier molecular flexibility index (Phi) is 6.58. The van der Waals surface area contributed by atoms with Gasteiger partial charge >= 0.3 is 0 Å². The number of halogens is 3. The number of carbonyl (C=O) groups is 1. The number of alkyl halides is 2. The third kappa shape index (κ3) is 4.58. The summed E-state index contributed by atoms with van der Waals surface area (Å²) in [6.45, 7) is 3.91. The van der Waals surface area contributed by atoms with E-state index in [1.54, 1.807) is 54.9 Å². The number of amides is 1. The number of methoxy groups -OCH3 is 1. The van der Waals surface area contributed by atoms with Crippen molar-refractivity contribution in [1.82, 2.24) is 24.4 Å². The van der Waals surface area contributed by atoms with Gasteiger partial charge in [-0.3, -0.25) is 9.48 Å². The van der Waals surface area contributed by atoms with Crippen LogP contribution >= 0.6 is 0 Å². The van der Waals surface area contributed by atoms with E-state index in [9.17, 15) is 18.0 Å². The number of nitrogens with zero attached hydrogens (tertiary/aromatic N) is 5. The monoisotopic (exact) mass is 520 g/mol. The van der Waals surface area contributed by atoms with Crippen molar-refractivity contribution in [3.63, 3.8) is 0 Å². The molecular formula is C27H23F3N6O2. The number of rotatable bonds is 7. The molecule has 0 fully saturated rings. The van der Waals surface area contributed by atoms with Crippen LogP contribution in [0, 0.1) is 19.7 Å². The molecule has 0 radical (unpaired) electrons. The molecular weight excluding hydrogens is 497 g/mol. The van der Waals surface area contributed by atoms with E-state index in [0.717, 1.165) is 10.1 Å². The number of anilines is 1. The first-order valence-electron chi connectivity index (χ1n) is 11.7. The second-order valence-corrected chi connectivity index (χ2v) is 8.64. The van der Waals surface area contributed by atoms with Crippen LogP contribution in [0.5, 0.6) is 5.75 Å². The molecule has 0 saturated carbocycles. The predicted octanol–water partition coefficient (Wildman–Crippen LogP) is 5.60. The molecule has 5 rings (SSSR count). The second-order valence-electron chi connectivity index (χ2n) is 8.64. The standard InChI is InChI=1S/C27H23F3N6O2/c1-15-24(16(2)35(34-15)14-17-8-10-18(28)11-9-17)33-27(37)20-13-31-36-22(25(29)30)12-21(32-26(20)36)19-6-4-5-7-23(19)38-3/h4-13,25H,14H2,1-3H3,(H,33,37). The van der Waals surface area contributed by atoms with Gasteiger partial charge in [0.1, 0.15) is 22.8 Å². The minimum atomic E-state index is -2.86. The molecule has 1 N–H and O–H groups in total. The molecule has 2 aromatic carbocycles. The summed E-state index contributed by atoms with van der Waals surface area (Å²) in [5.74, 6) is -0.451. The molecule has 194 valence electrons. The number of hydrogen-bond acceptors (Lipinski definition) is 5. The molecule has 3 aromatic heterocycles. The third-order valence-electron chi connectivity index (χ3n) is 6.22. The van der Waals surface area contributed by atoms with Crippen molar-refractivity contribution in [3.05, 3.63) is 94.8 Å². The molecule has 5 aromatic rings. The van der Waals surface area contributed by atoms with E-state index >= 15 is 0 Å². The minimum absolute atomic E-state index is 0.0183. The van der Waals surface area contributed by atoms with Gasteiger partial charge in [-0.2, -0.15) is 10.2 Å². The molecule has 11 heteroatoms. The Labute approximate surface area is 215 Å². The van der Waals surface area contributed by atoms with Gasteiger partial charge in [-0.1, -0.05) is 24.3 Å². The van der Waals surface area contributed by atoms with Crippen molar-refractivity contribution in [1.29, 1.82) is 0 Å². The van der Waals surface area contributed by atoms with Crippen molar-refractivity contribution in [2.24, 2.45) is 0 Å². The molecule has 0 aliphatic rings. The number of benzene rings is 2. The van der Waals surface area contributed by atoms with Gasteiger partial charge < -0.3 is 10.1 Å². The Bertz CT molecular complexity index is 1640. The third-order valence-corrected chi connectivity index (χ3v) is 6.22. The summed E-state index contributed by atoms with van der Waals surface area (Å²) in [6, 6.07) is 14.2. The number of ether oxygens (including phenoxy) is 1. The highest BCUT2D eigenvalue weighted by Crippen LogP contribution is 2.32. The molecule has 0 spiro atoms. The average molecular weight is 521 g/mol. The number of nitrogens with one attached hydrogen (secondary N) is 1. The molecule has 0 atom stereocenters. The zero-order valence-electron chi connectivity index (χ0n) is 20.7. The highest BCUT2D eigenvalue weighted by Gasteiger charge is 2.24. The smallest absolute Gasteiger partial charge is 0.280 e. The maximum atomic E-state index is 14.0.